The summed E-state index contributed by atoms with van der Waals surface area (Å²) in [6.45, 7) is 0. The Labute approximate surface area is 102 Å². The molecule has 6 heteroatoms. The van der Waals surface area contributed by atoms with Gasteiger partial charge in [-0.2, -0.15) is 4.99 Å². The van der Waals surface area contributed by atoms with Crippen molar-refractivity contribution in [1.82, 2.24) is 0 Å². The van der Waals surface area contributed by atoms with Crippen molar-refractivity contribution in [3.05, 3.63) is 30.3 Å². The van der Waals surface area contributed by atoms with Crippen molar-refractivity contribution in [2.45, 2.75) is 11.7 Å². The van der Waals surface area contributed by atoms with Gasteiger partial charge >= 0.3 is 0 Å². The number of hydrogen-bond acceptors (Lipinski definition) is 4. The highest BCUT2D eigenvalue weighted by molar-refractivity contribution is 8.15. The molecule has 1 aromatic rings. The van der Waals surface area contributed by atoms with E-state index < -0.39 is 5.25 Å². The van der Waals surface area contributed by atoms with Crippen LogP contribution < -0.4 is 11.1 Å². The van der Waals surface area contributed by atoms with Gasteiger partial charge in [0.2, 0.25) is 5.91 Å². The number of para-hydroxylation sites is 1. The molecule has 88 valence electrons. The van der Waals surface area contributed by atoms with Gasteiger partial charge in [0.15, 0.2) is 5.17 Å². The lowest BCUT2D eigenvalue weighted by molar-refractivity contribution is -0.121. The number of benzene rings is 1. The average molecular weight is 249 g/mol. The fourth-order valence-corrected chi connectivity index (χ4v) is 2.26. The number of rotatable bonds is 3. The monoisotopic (exact) mass is 249 g/mol. The van der Waals surface area contributed by atoms with Gasteiger partial charge in [0.05, 0.1) is 0 Å². The summed E-state index contributed by atoms with van der Waals surface area (Å²) < 4.78 is 0. The molecule has 1 aliphatic heterocycles. The maximum Gasteiger partial charge on any atom is 0.262 e. The summed E-state index contributed by atoms with van der Waals surface area (Å²) in [6, 6.07) is 9.08. The molecular formula is C11H11N3O2S. The molecule has 5 nitrogen and oxygen atoms in total. The van der Waals surface area contributed by atoms with Crippen molar-refractivity contribution in [1.29, 1.82) is 0 Å². The van der Waals surface area contributed by atoms with E-state index in [1.54, 1.807) is 12.1 Å². The maximum atomic E-state index is 11.7. The molecule has 0 unspecified atom stereocenters. The number of carbonyl (C=O) groups excluding carboxylic acids is 2. The lowest BCUT2D eigenvalue weighted by Gasteiger charge is -2.07. The van der Waals surface area contributed by atoms with Crippen LogP contribution in [0.4, 0.5) is 5.69 Å². The number of thioether (sulfide) groups is 1. The van der Waals surface area contributed by atoms with Gasteiger partial charge < -0.3 is 11.1 Å². The zero-order chi connectivity index (χ0) is 12.3. The second-order valence-corrected chi connectivity index (χ2v) is 4.74. The van der Waals surface area contributed by atoms with Crippen LogP contribution in [0.1, 0.15) is 6.42 Å². The summed E-state index contributed by atoms with van der Waals surface area (Å²) in [5.74, 6) is -0.553. The summed E-state index contributed by atoms with van der Waals surface area (Å²) in [7, 11) is 0. The molecule has 17 heavy (non-hydrogen) atoms. The lowest BCUT2D eigenvalue weighted by atomic mass is 10.2. The Morgan fingerprint density at radius 1 is 1.41 bits per heavy atom. The number of anilines is 1. The first kappa shape index (κ1) is 11.7. The van der Waals surface area contributed by atoms with Crippen molar-refractivity contribution in [2.75, 3.05) is 5.32 Å². The fraction of sp³-hybridized carbons (Fsp3) is 0.182. The topological polar surface area (TPSA) is 84.5 Å². The Kier molecular flexibility index (Phi) is 3.43. The van der Waals surface area contributed by atoms with E-state index in [1.165, 1.54) is 0 Å². The van der Waals surface area contributed by atoms with Gasteiger partial charge in [-0.05, 0) is 12.1 Å². The van der Waals surface area contributed by atoms with Crippen LogP contribution in [0.15, 0.2) is 35.3 Å². The zero-order valence-electron chi connectivity index (χ0n) is 8.92. The van der Waals surface area contributed by atoms with Gasteiger partial charge in [-0.1, -0.05) is 30.0 Å². The van der Waals surface area contributed by atoms with Crippen molar-refractivity contribution >= 4 is 34.4 Å². The highest BCUT2D eigenvalue weighted by Crippen LogP contribution is 2.23. The van der Waals surface area contributed by atoms with Crippen LogP contribution in [0.2, 0.25) is 0 Å². The van der Waals surface area contributed by atoms with Crippen LogP contribution in [0, 0.1) is 0 Å². The van der Waals surface area contributed by atoms with E-state index in [1.807, 2.05) is 18.2 Å². The Bertz CT molecular complexity index is 473. The molecule has 0 aromatic heterocycles. The van der Waals surface area contributed by atoms with Crippen molar-refractivity contribution in [3.8, 4) is 0 Å². The molecule has 1 aromatic carbocycles. The van der Waals surface area contributed by atoms with E-state index in [0.29, 0.717) is 5.69 Å². The molecule has 0 fully saturated rings. The number of nitrogens with zero attached hydrogens (tertiary/aromatic N) is 1. The summed E-state index contributed by atoms with van der Waals surface area (Å²) in [4.78, 5) is 26.5. The van der Waals surface area contributed by atoms with Gasteiger partial charge in [0.25, 0.3) is 5.91 Å². The molecule has 0 saturated carbocycles. The van der Waals surface area contributed by atoms with Crippen molar-refractivity contribution in [3.63, 3.8) is 0 Å². The third-order valence-electron chi connectivity index (χ3n) is 2.19. The molecule has 1 heterocycles. The Morgan fingerprint density at radius 2 is 2.12 bits per heavy atom. The predicted molar refractivity (Wildman–Crippen MR) is 67.7 cm³/mol. The molecule has 0 radical (unpaired) electrons. The third kappa shape index (κ3) is 3.07. The summed E-state index contributed by atoms with van der Waals surface area (Å²) >= 11 is 1.13. The third-order valence-corrected chi connectivity index (χ3v) is 3.17. The van der Waals surface area contributed by atoms with Crippen LogP contribution in [-0.4, -0.2) is 22.2 Å². The molecule has 0 saturated heterocycles. The van der Waals surface area contributed by atoms with Crippen molar-refractivity contribution in [2.24, 2.45) is 10.7 Å². The van der Waals surface area contributed by atoms with Gasteiger partial charge in [0.1, 0.15) is 5.25 Å². The standard InChI is InChI=1S/C11H11N3O2S/c12-11-14-10(16)8(17-11)6-9(15)13-7-4-2-1-3-5-7/h1-5,8H,6H2,(H,13,15)(H2,12,14,16)/t8-/m0/s1. The predicted octanol–water partition coefficient (Wildman–Crippen LogP) is 0.972. The number of nitrogens with one attached hydrogen (secondary N) is 1. The van der Waals surface area contributed by atoms with Crippen molar-refractivity contribution < 1.29 is 9.59 Å². The number of carbonyl (C=O) groups is 2. The van der Waals surface area contributed by atoms with Crippen LogP contribution in [0.3, 0.4) is 0 Å². The second kappa shape index (κ2) is 5.01. The van der Waals surface area contributed by atoms with E-state index in [-0.39, 0.29) is 23.4 Å². The lowest BCUT2D eigenvalue weighted by Crippen LogP contribution is -2.21. The van der Waals surface area contributed by atoms with E-state index in [0.717, 1.165) is 11.8 Å². The molecule has 2 amide bonds. The second-order valence-electron chi connectivity index (χ2n) is 3.51. The molecule has 2 rings (SSSR count). The smallest absolute Gasteiger partial charge is 0.262 e. The van der Waals surface area contributed by atoms with Gasteiger partial charge in [-0.15, -0.1) is 0 Å². The highest BCUT2D eigenvalue weighted by atomic mass is 32.2. The van der Waals surface area contributed by atoms with E-state index in [9.17, 15) is 9.59 Å². The molecule has 0 spiro atoms. The number of amidine groups is 1. The van der Waals surface area contributed by atoms with E-state index >= 15 is 0 Å². The zero-order valence-corrected chi connectivity index (χ0v) is 9.74. The van der Waals surface area contributed by atoms with Crippen LogP contribution in [-0.2, 0) is 9.59 Å². The molecule has 3 N–H and O–H groups in total. The van der Waals surface area contributed by atoms with Crippen LogP contribution in [0.5, 0.6) is 0 Å². The molecule has 1 aliphatic rings. The fourth-order valence-electron chi connectivity index (χ4n) is 1.43. The molecule has 0 bridgehead atoms. The summed E-state index contributed by atoms with van der Waals surface area (Å²) in [6.07, 6.45) is 0.0859. The van der Waals surface area contributed by atoms with E-state index in [4.69, 9.17) is 5.73 Å². The van der Waals surface area contributed by atoms with Crippen LogP contribution in [0.25, 0.3) is 0 Å². The largest absolute Gasteiger partial charge is 0.378 e. The Balaban J connectivity index is 1.89. The van der Waals surface area contributed by atoms with Gasteiger partial charge in [0, 0.05) is 12.1 Å². The quantitative estimate of drug-likeness (QED) is 0.836. The minimum atomic E-state index is -0.487. The Hall–Kier alpha value is -1.82. The van der Waals surface area contributed by atoms with Gasteiger partial charge in [-0.25, -0.2) is 0 Å². The molecule has 0 aliphatic carbocycles. The molecular weight excluding hydrogens is 238 g/mol. The number of amides is 2. The normalized spacial score (nSPS) is 18.9. The summed E-state index contributed by atoms with van der Waals surface area (Å²) in [5.41, 5.74) is 6.11. The van der Waals surface area contributed by atoms with Crippen LogP contribution >= 0.6 is 11.8 Å². The van der Waals surface area contributed by atoms with Gasteiger partial charge in [-0.3, -0.25) is 9.59 Å². The Morgan fingerprint density at radius 3 is 2.71 bits per heavy atom. The SMILES string of the molecule is NC1=NC(=O)[C@H](CC(=O)Nc2ccccc2)S1. The minimum absolute atomic E-state index is 0.0859. The summed E-state index contributed by atoms with van der Waals surface area (Å²) in [5, 5.41) is 2.45. The minimum Gasteiger partial charge on any atom is -0.378 e. The first-order chi connectivity index (χ1) is 8.15. The number of nitrogens with two attached hydrogens (primary N) is 1. The van der Waals surface area contributed by atoms with E-state index in [2.05, 4.69) is 10.3 Å². The first-order valence-corrected chi connectivity index (χ1v) is 5.92. The number of aliphatic imine (C=N–C) groups is 1. The first-order valence-electron chi connectivity index (χ1n) is 5.05. The molecule has 1 atom stereocenters. The maximum absolute atomic E-state index is 11.7. The number of hydrogen-bond donors (Lipinski definition) is 2. The average Bonchev–Trinajstić information content (AvgIpc) is 2.58. The highest BCUT2D eigenvalue weighted by Gasteiger charge is 2.29.